The molecule has 1 heterocycles. The smallest absolute Gasteiger partial charge is 0.254 e. The van der Waals surface area contributed by atoms with Gasteiger partial charge in [-0.05, 0) is 6.92 Å². The van der Waals surface area contributed by atoms with Crippen molar-refractivity contribution in [2.45, 2.75) is 38.5 Å². The fourth-order valence-electron chi connectivity index (χ4n) is 1.22. The van der Waals surface area contributed by atoms with Crippen LogP contribution in [0.15, 0.2) is 0 Å². The molecule has 1 saturated heterocycles. The molecule has 4 nitrogen and oxygen atoms in total. The lowest BCUT2D eigenvalue weighted by Crippen LogP contribution is -2.48. The first kappa shape index (κ1) is 9.35. The molecule has 68 valence electrons. The van der Waals surface area contributed by atoms with Gasteiger partial charge in [-0.15, -0.1) is 0 Å². The number of nitrogens with one attached hydrogen (secondary N) is 1. The number of carbonyl (C=O) groups is 1. The van der Waals surface area contributed by atoms with Gasteiger partial charge in [0.15, 0.2) is 0 Å². The van der Waals surface area contributed by atoms with Gasteiger partial charge in [0.05, 0.1) is 0 Å². The molecule has 4 heteroatoms. The minimum atomic E-state index is -0.530. The second kappa shape index (κ2) is 3.78. The molecular weight excluding hydrogens is 158 g/mol. The zero-order valence-corrected chi connectivity index (χ0v) is 7.28. The Morgan fingerprint density at radius 1 is 1.75 bits per heavy atom. The number of hydrogen-bond acceptors (Lipinski definition) is 3. The lowest BCUT2D eigenvalue weighted by Gasteiger charge is -2.23. The number of rotatable bonds is 1. The number of ether oxygens (including phenoxy) is 1. The highest BCUT2D eigenvalue weighted by atomic mass is 16.5. The number of carbonyl (C=O) groups excluding carboxylic acids is 1. The van der Waals surface area contributed by atoms with Crippen molar-refractivity contribution in [1.29, 1.82) is 0 Å². The van der Waals surface area contributed by atoms with E-state index in [-0.39, 0.29) is 18.1 Å². The van der Waals surface area contributed by atoms with Crippen molar-refractivity contribution in [2.75, 3.05) is 0 Å². The Morgan fingerprint density at radius 2 is 2.42 bits per heavy atom. The van der Waals surface area contributed by atoms with Crippen molar-refractivity contribution < 1.29 is 14.6 Å². The largest absolute Gasteiger partial charge is 0.386 e. The number of amides is 1. The Labute approximate surface area is 71.9 Å². The molecule has 1 aliphatic heterocycles. The third-order valence-electron chi connectivity index (χ3n) is 1.82. The molecule has 0 saturated carbocycles. The van der Waals surface area contributed by atoms with Crippen molar-refractivity contribution >= 4 is 5.91 Å². The highest BCUT2D eigenvalue weighted by Crippen LogP contribution is 2.16. The fourth-order valence-corrected chi connectivity index (χ4v) is 1.22. The lowest BCUT2D eigenvalue weighted by atomic mass is 10.0. The van der Waals surface area contributed by atoms with Gasteiger partial charge in [0.2, 0.25) is 11.9 Å². The molecule has 0 aromatic heterocycles. The van der Waals surface area contributed by atoms with Crippen LogP contribution in [0.5, 0.6) is 0 Å². The van der Waals surface area contributed by atoms with Gasteiger partial charge >= 0.3 is 0 Å². The van der Waals surface area contributed by atoms with Crippen LogP contribution in [0.4, 0.5) is 0 Å². The first-order valence-electron chi connectivity index (χ1n) is 4.03. The maximum atomic E-state index is 10.6. The topological polar surface area (TPSA) is 58.6 Å². The maximum Gasteiger partial charge on any atom is 0.254 e. The van der Waals surface area contributed by atoms with E-state index < -0.39 is 6.10 Å². The van der Waals surface area contributed by atoms with Crippen molar-refractivity contribution in [2.24, 2.45) is 0 Å². The summed E-state index contributed by atoms with van der Waals surface area (Å²) in [7, 11) is 0. The summed E-state index contributed by atoms with van der Waals surface area (Å²) in [5, 5.41) is 12.0. The van der Waals surface area contributed by atoms with Gasteiger partial charge in [-0.3, -0.25) is 4.79 Å². The van der Waals surface area contributed by atoms with E-state index in [9.17, 15) is 9.90 Å². The molecule has 0 spiro atoms. The summed E-state index contributed by atoms with van der Waals surface area (Å²) in [6.45, 7) is 4.78. The summed E-state index contributed by atoms with van der Waals surface area (Å²) in [4.78, 5) is 10.6. The van der Waals surface area contributed by atoms with E-state index >= 15 is 0 Å². The van der Waals surface area contributed by atoms with Crippen LogP contribution in [-0.4, -0.2) is 29.3 Å². The van der Waals surface area contributed by atoms with Crippen molar-refractivity contribution in [1.82, 2.24) is 5.32 Å². The van der Waals surface area contributed by atoms with Crippen LogP contribution in [0.1, 0.15) is 20.3 Å². The highest BCUT2D eigenvalue weighted by molar-refractivity contribution is 5.73. The monoisotopic (exact) mass is 172 g/mol. The minimum absolute atomic E-state index is 0.0324. The maximum absolute atomic E-state index is 10.6. The van der Waals surface area contributed by atoms with Gasteiger partial charge < -0.3 is 10.4 Å². The Balaban J connectivity index is 2.39. The molecule has 0 bridgehead atoms. The number of hydrogen-bond donors (Lipinski definition) is 2. The third-order valence-corrected chi connectivity index (χ3v) is 1.82. The Kier molecular flexibility index (Phi) is 2.94. The molecule has 12 heavy (non-hydrogen) atoms. The standard InChI is InChI=1S/C8H13NO3/c1-5-3-8(11)7(4-12-5)9-6(2)10/h4-5,7-8,11H,3H2,1-2H3/p+1/t5-,7+,8+/m1/s1. The second-order valence-corrected chi connectivity index (χ2v) is 3.11. The van der Waals surface area contributed by atoms with Crippen LogP contribution >= 0.6 is 0 Å². The lowest BCUT2D eigenvalue weighted by molar-refractivity contribution is -0.122. The number of aliphatic hydroxyl groups excluding tert-OH is 1. The average molecular weight is 172 g/mol. The second-order valence-electron chi connectivity index (χ2n) is 3.11. The Bertz CT molecular complexity index is 172. The first-order chi connectivity index (χ1) is 5.59. The summed E-state index contributed by atoms with van der Waals surface area (Å²) in [5.74, 6) is -0.159. The molecule has 0 aromatic carbocycles. The van der Waals surface area contributed by atoms with Gasteiger partial charge in [-0.1, -0.05) is 0 Å². The Hall–Kier alpha value is -0.740. The van der Waals surface area contributed by atoms with E-state index in [4.69, 9.17) is 4.74 Å². The molecule has 0 radical (unpaired) electrons. The highest BCUT2D eigenvalue weighted by Gasteiger charge is 2.36. The Morgan fingerprint density at radius 3 is 2.92 bits per heavy atom. The summed E-state index contributed by atoms with van der Waals surface area (Å²) in [6.07, 6.45) is 0.0595. The SMILES string of the molecule is CC(=O)N[C@H]1[CH+]O[C@H](C)C[C@@H]1O. The van der Waals surface area contributed by atoms with Gasteiger partial charge in [-0.25, -0.2) is 0 Å². The van der Waals surface area contributed by atoms with Crippen LogP contribution in [-0.2, 0) is 9.53 Å². The van der Waals surface area contributed by atoms with E-state index in [1.807, 2.05) is 6.92 Å². The predicted octanol–water partition coefficient (Wildman–Crippen LogP) is -0.177. The molecule has 2 N–H and O–H groups in total. The summed E-state index contributed by atoms with van der Waals surface area (Å²) < 4.78 is 5.16. The fraction of sp³-hybridized carbons (Fsp3) is 0.750. The first-order valence-corrected chi connectivity index (χ1v) is 4.03. The molecule has 1 aliphatic rings. The van der Waals surface area contributed by atoms with Crippen molar-refractivity contribution in [3.8, 4) is 0 Å². The molecule has 0 unspecified atom stereocenters. The quantitative estimate of drug-likeness (QED) is 0.539. The molecule has 1 rings (SSSR count). The van der Waals surface area contributed by atoms with E-state index in [0.717, 1.165) is 0 Å². The molecule has 0 aromatic rings. The predicted molar refractivity (Wildman–Crippen MR) is 43.1 cm³/mol. The zero-order chi connectivity index (χ0) is 9.14. The van der Waals surface area contributed by atoms with Gasteiger partial charge in [-0.2, -0.15) is 4.74 Å². The van der Waals surface area contributed by atoms with Crippen LogP contribution in [0.3, 0.4) is 0 Å². The molecule has 3 atom stereocenters. The van der Waals surface area contributed by atoms with Crippen molar-refractivity contribution in [3.63, 3.8) is 0 Å². The van der Waals surface area contributed by atoms with Gasteiger partial charge in [0.1, 0.15) is 12.2 Å². The number of aliphatic hydroxyl groups is 1. The molecule has 1 fully saturated rings. The van der Waals surface area contributed by atoms with E-state index in [1.165, 1.54) is 13.5 Å². The van der Waals surface area contributed by atoms with E-state index in [2.05, 4.69) is 5.32 Å². The molecule has 1 amide bonds. The third kappa shape index (κ3) is 2.39. The van der Waals surface area contributed by atoms with E-state index in [1.54, 1.807) is 0 Å². The normalized spacial score (nSPS) is 35.4. The average Bonchev–Trinajstić information content (AvgIpc) is 1.94. The molecular formula is C8H14NO3+. The van der Waals surface area contributed by atoms with Crippen LogP contribution in [0.2, 0.25) is 0 Å². The summed E-state index contributed by atoms with van der Waals surface area (Å²) in [6, 6.07) is -0.362. The minimum Gasteiger partial charge on any atom is -0.386 e. The van der Waals surface area contributed by atoms with Gasteiger partial charge in [0.25, 0.3) is 6.61 Å². The summed E-state index contributed by atoms with van der Waals surface area (Å²) >= 11 is 0. The van der Waals surface area contributed by atoms with Crippen LogP contribution < -0.4 is 5.32 Å². The van der Waals surface area contributed by atoms with Crippen LogP contribution in [0.25, 0.3) is 0 Å². The van der Waals surface area contributed by atoms with Crippen molar-refractivity contribution in [3.05, 3.63) is 6.61 Å². The zero-order valence-electron chi connectivity index (χ0n) is 7.28. The molecule has 0 aliphatic carbocycles. The summed E-state index contributed by atoms with van der Waals surface area (Å²) in [5.41, 5.74) is 0. The van der Waals surface area contributed by atoms with E-state index in [0.29, 0.717) is 6.42 Å². The van der Waals surface area contributed by atoms with Gasteiger partial charge in [0, 0.05) is 13.3 Å². The van der Waals surface area contributed by atoms with Crippen LogP contribution in [0, 0.1) is 6.61 Å².